The van der Waals surface area contributed by atoms with Crippen LogP contribution in [0.25, 0.3) is 0 Å². The molecule has 0 bridgehead atoms. The first-order valence-electron chi connectivity index (χ1n) is 5.81. The van der Waals surface area contributed by atoms with Gasteiger partial charge in [-0.3, -0.25) is 4.98 Å². The van der Waals surface area contributed by atoms with Crippen molar-refractivity contribution in [3.63, 3.8) is 0 Å². The Kier molecular flexibility index (Phi) is 1.98. The molecule has 0 atom stereocenters. The van der Waals surface area contributed by atoms with E-state index in [1.807, 2.05) is 0 Å². The van der Waals surface area contributed by atoms with Crippen LogP contribution in [-0.4, -0.2) is 4.98 Å². The zero-order valence-corrected chi connectivity index (χ0v) is 8.79. The molecule has 0 aliphatic heterocycles. The monoisotopic (exact) mass is 198 g/mol. The number of fused-ring (bicyclic) bond motifs is 1. The highest BCUT2D eigenvalue weighted by Crippen LogP contribution is 2.44. The van der Waals surface area contributed by atoms with Gasteiger partial charge in [-0.1, -0.05) is 0 Å². The number of hydrogen-bond donors (Lipinski definition) is 0. The van der Waals surface area contributed by atoms with Gasteiger partial charge in [0.15, 0.2) is 0 Å². The molecule has 1 fully saturated rings. The molecule has 0 aromatic carbocycles. The Hall–Kier alpha value is -1.36. The van der Waals surface area contributed by atoms with E-state index in [2.05, 4.69) is 11.1 Å². The van der Waals surface area contributed by atoms with E-state index in [1.54, 1.807) is 6.20 Å². The average molecular weight is 198 g/mol. The first-order valence-corrected chi connectivity index (χ1v) is 5.81. The van der Waals surface area contributed by atoms with Gasteiger partial charge in [0.1, 0.15) is 6.07 Å². The van der Waals surface area contributed by atoms with Gasteiger partial charge in [0.2, 0.25) is 0 Å². The predicted octanol–water partition coefficient (Wildman–Crippen LogP) is 2.71. The molecule has 1 heterocycles. The van der Waals surface area contributed by atoms with Crippen LogP contribution in [-0.2, 0) is 12.8 Å². The fourth-order valence-electron chi connectivity index (χ4n) is 2.62. The molecule has 2 aliphatic rings. The van der Waals surface area contributed by atoms with Crippen LogP contribution in [0.15, 0.2) is 6.20 Å². The Bertz CT molecular complexity index is 439. The summed E-state index contributed by atoms with van der Waals surface area (Å²) >= 11 is 0. The maximum absolute atomic E-state index is 9.11. The normalized spacial score (nSPS) is 19.4. The standard InChI is InChI=1S/C13H14N2/c14-7-10-8-15-12-4-2-1-3-11(12)13(10)9-5-6-9/h8-9H,1-6H2. The van der Waals surface area contributed by atoms with Gasteiger partial charge < -0.3 is 0 Å². The van der Waals surface area contributed by atoms with Crippen molar-refractivity contribution < 1.29 is 0 Å². The lowest BCUT2D eigenvalue weighted by molar-refractivity contribution is 0.659. The van der Waals surface area contributed by atoms with E-state index in [0.29, 0.717) is 5.92 Å². The van der Waals surface area contributed by atoms with E-state index in [1.165, 1.54) is 42.5 Å². The molecule has 3 rings (SSSR count). The molecule has 2 nitrogen and oxygen atoms in total. The van der Waals surface area contributed by atoms with Crippen LogP contribution in [0.3, 0.4) is 0 Å². The number of aryl methyl sites for hydroxylation is 1. The Morgan fingerprint density at radius 1 is 1.27 bits per heavy atom. The number of rotatable bonds is 1. The van der Waals surface area contributed by atoms with E-state index < -0.39 is 0 Å². The third-order valence-electron chi connectivity index (χ3n) is 3.51. The maximum Gasteiger partial charge on any atom is 0.101 e. The van der Waals surface area contributed by atoms with Crippen LogP contribution in [0.4, 0.5) is 0 Å². The van der Waals surface area contributed by atoms with Crippen molar-refractivity contribution in [2.24, 2.45) is 0 Å². The Morgan fingerprint density at radius 2 is 2.07 bits per heavy atom. The van der Waals surface area contributed by atoms with E-state index in [4.69, 9.17) is 5.26 Å². The molecule has 0 saturated heterocycles. The van der Waals surface area contributed by atoms with Gasteiger partial charge in [0.05, 0.1) is 5.56 Å². The lowest BCUT2D eigenvalue weighted by Crippen LogP contribution is -2.10. The second kappa shape index (κ2) is 3.34. The molecular formula is C13H14N2. The van der Waals surface area contributed by atoms with Crippen LogP contribution in [0.2, 0.25) is 0 Å². The maximum atomic E-state index is 9.11. The highest BCUT2D eigenvalue weighted by Gasteiger charge is 2.30. The average Bonchev–Trinajstić information content (AvgIpc) is 3.11. The van der Waals surface area contributed by atoms with E-state index in [-0.39, 0.29) is 0 Å². The summed E-state index contributed by atoms with van der Waals surface area (Å²) in [7, 11) is 0. The summed E-state index contributed by atoms with van der Waals surface area (Å²) in [5.41, 5.74) is 4.87. The lowest BCUT2D eigenvalue weighted by Gasteiger charge is -2.19. The van der Waals surface area contributed by atoms with Crippen molar-refractivity contribution in [1.29, 1.82) is 5.26 Å². The number of hydrogen-bond acceptors (Lipinski definition) is 2. The molecule has 1 saturated carbocycles. The SMILES string of the molecule is N#Cc1cnc2c(c1C1CC1)CCCC2. The summed E-state index contributed by atoms with van der Waals surface area (Å²) in [5, 5.41) is 9.11. The highest BCUT2D eigenvalue weighted by atomic mass is 14.7. The molecule has 76 valence electrons. The number of nitriles is 1. The van der Waals surface area contributed by atoms with Gasteiger partial charge in [-0.05, 0) is 55.6 Å². The van der Waals surface area contributed by atoms with E-state index >= 15 is 0 Å². The zero-order valence-electron chi connectivity index (χ0n) is 8.79. The molecule has 0 spiro atoms. The van der Waals surface area contributed by atoms with Gasteiger partial charge in [0.25, 0.3) is 0 Å². The lowest BCUT2D eigenvalue weighted by atomic mass is 9.88. The summed E-state index contributed by atoms with van der Waals surface area (Å²) < 4.78 is 0. The minimum absolute atomic E-state index is 0.675. The molecular weight excluding hydrogens is 184 g/mol. The fourth-order valence-corrected chi connectivity index (χ4v) is 2.62. The summed E-state index contributed by atoms with van der Waals surface area (Å²) in [4.78, 5) is 4.44. The molecule has 15 heavy (non-hydrogen) atoms. The summed E-state index contributed by atoms with van der Waals surface area (Å²) in [6, 6.07) is 2.30. The first kappa shape index (κ1) is 8.91. The fraction of sp³-hybridized carbons (Fsp3) is 0.538. The zero-order chi connectivity index (χ0) is 10.3. The molecule has 1 aromatic rings. The van der Waals surface area contributed by atoms with Crippen molar-refractivity contribution >= 4 is 0 Å². The van der Waals surface area contributed by atoms with Gasteiger partial charge in [-0.2, -0.15) is 5.26 Å². The number of pyridine rings is 1. The second-order valence-corrected chi connectivity index (χ2v) is 4.60. The van der Waals surface area contributed by atoms with Gasteiger partial charge in [-0.15, -0.1) is 0 Å². The molecule has 2 aliphatic carbocycles. The molecule has 1 aromatic heterocycles. The predicted molar refractivity (Wildman–Crippen MR) is 57.6 cm³/mol. The van der Waals surface area contributed by atoms with Crippen LogP contribution in [0.1, 0.15) is 54.0 Å². The van der Waals surface area contributed by atoms with Gasteiger partial charge in [-0.25, -0.2) is 0 Å². The number of nitrogens with zero attached hydrogens (tertiary/aromatic N) is 2. The molecule has 2 heteroatoms. The van der Waals surface area contributed by atoms with Crippen molar-refractivity contribution in [3.8, 4) is 6.07 Å². The highest BCUT2D eigenvalue weighted by molar-refractivity contribution is 5.48. The van der Waals surface area contributed by atoms with Crippen molar-refractivity contribution in [2.45, 2.75) is 44.4 Å². The minimum Gasteiger partial charge on any atom is -0.260 e. The topological polar surface area (TPSA) is 36.7 Å². The third kappa shape index (κ3) is 1.43. The van der Waals surface area contributed by atoms with Crippen molar-refractivity contribution in [1.82, 2.24) is 4.98 Å². The molecule has 0 amide bonds. The molecule has 0 N–H and O–H groups in total. The Morgan fingerprint density at radius 3 is 2.80 bits per heavy atom. The molecule has 0 radical (unpaired) electrons. The van der Waals surface area contributed by atoms with Crippen molar-refractivity contribution in [2.75, 3.05) is 0 Å². The first-order chi connectivity index (χ1) is 7.40. The summed E-state index contributed by atoms with van der Waals surface area (Å²) in [5.74, 6) is 0.675. The summed E-state index contributed by atoms with van der Waals surface area (Å²) in [6.07, 6.45) is 9.11. The third-order valence-corrected chi connectivity index (χ3v) is 3.51. The Balaban J connectivity index is 2.17. The van der Waals surface area contributed by atoms with Crippen LogP contribution in [0.5, 0.6) is 0 Å². The van der Waals surface area contributed by atoms with Crippen LogP contribution in [0, 0.1) is 11.3 Å². The van der Waals surface area contributed by atoms with Crippen LogP contribution >= 0.6 is 0 Å². The van der Waals surface area contributed by atoms with Gasteiger partial charge >= 0.3 is 0 Å². The van der Waals surface area contributed by atoms with Crippen LogP contribution < -0.4 is 0 Å². The molecule has 0 unspecified atom stereocenters. The van der Waals surface area contributed by atoms with E-state index in [9.17, 15) is 0 Å². The van der Waals surface area contributed by atoms with Gasteiger partial charge in [0, 0.05) is 11.9 Å². The second-order valence-electron chi connectivity index (χ2n) is 4.60. The number of aromatic nitrogens is 1. The summed E-state index contributed by atoms with van der Waals surface area (Å²) in [6.45, 7) is 0. The van der Waals surface area contributed by atoms with Crippen molar-refractivity contribution in [3.05, 3.63) is 28.6 Å². The smallest absolute Gasteiger partial charge is 0.101 e. The Labute approximate surface area is 90.0 Å². The van der Waals surface area contributed by atoms with E-state index in [0.717, 1.165) is 18.4 Å². The largest absolute Gasteiger partial charge is 0.260 e. The quantitative estimate of drug-likeness (QED) is 0.695. The minimum atomic E-state index is 0.675.